The van der Waals surface area contributed by atoms with E-state index >= 15 is 0 Å². The number of hydrogen-bond acceptors (Lipinski definition) is 1. The molecule has 1 aliphatic carbocycles. The van der Waals surface area contributed by atoms with Gasteiger partial charge in [0, 0.05) is 6.04 Å². The van der Waals surface area contributed by atoms with Crippen LogP contribution in [0.1, 0.15) is 43.7 Å². The Morgan fingerprint density at radius 3 is 2.25 bits per heavy atom. The monoisotopic (exact) mass is 217 g/mol. The summed E-state index contributed by atoms with van der Waals surface area (Å²) < 4.78 is 0. The van der Waals surface area contributed by atoms with Gasteiger partial charge in [-0.25, -0.2) is 0 Å². The van der Waals surface area contributed by atoms with E-state index in [0.29, 0.717) is 6.04 Å². The quantitative estimate of drug-likeness (QED) is 0.822. The summed E-state index contributed by atoms with van der Waals surface area (Å²) in [5.41, 5.74) is 9.10. The zero-order chi connectivity index (χ0) is 11.4. The van der Waals surface area contributed by atoms with Gasteiger partial charge in [0.2, 0.25) is 0 Å². The van der Waals surface area contributed by atoms with Crippen molar-refractivity contribution >= 4 is 0 Å². The maximum atomic E-state index is 6.28. The molecule has 1 atom stereocenters. The number of rotatable bonds is 4. The van der Waals surface area contributed by atoms with Gasteiger partial charge in [-0.1, -0.05) is 44.0 Å². The third kappa shape index (κ3) is 2.85. The van der Waals surface area contributed by atoms with Crippen molar-refractivity contribution in [3.05, 3.63) is 35.4 Å². The Morgan fingerprint density at radius 2 is 1.69 bits per heavy atom. The molecular weight excluding hydrogens is 194 g/mol. The van der Waals surface area contributed by atoms with Crippen LogP contribution < -0.4 is 5.73 Å². The summed E-state index contributed by atoms with van der Waals surface area (Å²) in [5, 5.41) is 0. The second-order valence-electron chi connectivity index (χ2n) is 5.08. The summed E-state index contributed by atoms with van der Waals surface area (Å²) in [6, 6.07) is 9.32. The van der Waals surface area contributed by atoms with Gasteiger partial charge >= 0.3 is 0 Å². The number of aryl methyl sites for hydroxylation is 1. The Kier molecular flexibility index (Phi) is 4.00. The molecule has 16 heavy (non-hydrogen) atoms. The van der Waals surface area contributed by atoms with Crippen molar-refractivity contribution in [3.8, 4) is 0 Å². The van der Waals surface area contributed by atoms with Crippen molar-refractivity contribution in [3.63, 3.8) is 0 Å². The molecule has 1 aromatic carbocycles. The lowest BCUT2D eigenvalue weighted by Crippen LogP contribution is -2.30. The summed E-state index contributed by atoms with van der Waals surface area (Å²) in [5.74, 6) is 0.769. The van der Waals surface area contributed by atoms with E-state index in [1.807, 2.05) is 0 Å². The van der Waals surface area contributed by atoms with E-state index in [0.717, 1.165) is 18.8 Å². The zero-order valence-electron chi connectivity index (χ0n) is 10.3. The van der Waals surface area contributed by atoms with E-state index in [1.54, 1.807) is 0 Å². The van der Waals surface area contributed by atoms with Crippen LogP contribution >= 0.6 is 0 Å². The van der Waals surface area contributed by atoms with Crippen LogP contribution in [0.5, 0.6) is 0 Å². The minimum Gasteiger partial charge on any atom is -0.327 e. The summed E-state index contributed by atoms with van der Waals surface area (Å²) in [7, 11) is 0. The molecule has 0 aliphatic heterocycles. The largest absolute Gasteiger partial charge is 0.327 e. The topological polar surface area (TPSA) is 26.0 Å². The third-order valence-electron chi connectivity index (χ3n) is 3.91. The molecule has 1 fully saturated rings. The maximum absolute atomic E-state index is 6.28. The molecule has 1 aliphatic rings. The highest BCUT2D eigenvalue weighted by Crippen LogP contribution is 2.28. The summed E-state index contributed by atoms with van der Waals surface area (Å²) in [6.07, 6.45) is 7.62. The average molecular weight is 217 g/mol. The summed E-state index contributed by atoms with van der Waals surface area (Å²) in [6.45, 7) is 2.19. The molecule has 0 saturated heterocycles. The molecule has 0 heterocycles. The average Bonchev–Trinajstić information content (AvgIpc) is 2.83. The molecule has 0 aromatic heterocycles. The van der Waals surface area contributed by atoms with Gasteiger partial charge in [0.25, 0.3) is 0 Å². The normalized spacial score (nSPS) is 18.9. The molecule has 88 valence electrons. The van der Waals surface area contributed by atoms with Crippen molar-refractivity contribution < 1.29 is 0 Å². The minimum absolute atomic E-state index is 0.370. The van der Waals surface area contributed by atoms with Crippen LogP contribution in [-0.2, 0) is 12.8 Å². The van der Waals surface area contributed by atoms with Crippen molar-refractivity contribution in [1.82, 2.24) is 0 Å². The molecular formula is C15H23N. The van der Waals surface area contributed by atoms with Gasteiger partial charge in [0.05, 0.1) is 0 Å². The van der Waals surface area contributed by atoms with Crippen LogP contribution in [0, 0.1) is 5.92 Å². The highest BCUT2D eigenvalue weighted by molar-refractivity contribution is 5.23. The molecule has 1 aromatic rings. The van der Waals surface area contributed by atoms with Gasteiger partial charge in [-0.3, -0.25) is 0 Å². The maximum Gasteiger partial charge on any atom is 0.0108 e. The summed E-state index contributed by atoms with van der Waals surface area (Å²) in [4.78, 5) is 0. The molecule has 2 rings (SSSR count). The highest BCUT2D eigenvalue weighted by atomic mass is 14.7. The predicted molar refractivity (Wildman–Crippen MR) is 69.5 cm³/mol. The smallest absolute Gasteiger partial charge is 0.0108 e. The number of hydrogen-bond donors (Lipinski definition) is 1. The molecule has 0 amide bonds. The Morgan fingerprint density at radius 1 is 1.12 bits per heavy atom. The van der Waals surface area contributed by atoms with Crippen LogP contribution in [0.3, 0.4) is 0 Å². The fourth-order valence-electron chi connectivity index (χ4n) is 2.74. The molecule has 1 saturated carbocycles. The lowest BCUT2D eigenvalue weighted by molar-refractivity contribution is 0.429. The van der Waals surface area contributed by atoms with Gasteiger partial charge in [-0.2, -0.15) is 0 Å². The lowest BCUT2D eigenvalue weighted by atomic mass is 9.92. The first-order chi connectivity index (χ1) is 7.79. The highest BCUT2D eigenvalue weighted by Gasteiger charge is 2.21. The zero-order valence-corrected chi connectivity index (χ0v) is 10.3. The van der Waals surface area contributed by atoms with Crippen molar-refractivity contribution in [1.29, 1.82) is 0 Å². The Bertz CT molecular complexity index is 309. The fourth-order valence-corrected chi connectivity index (χ4v) is 2.74. The first-order valence-corrected chi connectivity index (χ1v) is 6.63. The van der Waals surface area contributed by atoms with Crippen molar-refractivity contribution in [2.75, 3.05) is 0 Å². The molecule has 0 radical (unpaired) electrons. The van der Waals surface area contributed by atoms with Crippen LogP contribution in [0.4, 0.5) is 0 Å². The third-order valence-corrected chi connectivity index (χ3v) is 3.91. The lowest BCUT2D eigenvalue weighted by Gasteiger charge is -2.18. The molecule has 0 bridgehead atoms. The minimum atomic E-state index is 0.370. The van der Waals surface area contributed by atoms with Gasteiger partial charge in [-0.05, 0) is 42.7 Å². The van der Waals surface area contributed by atoms with Gasteiger partial charge < -0.3 is 5.73 Å². The second-order valence-corrected chi connectivity index (χ2v) is 5.08. The van der Waals surface area contributed by atoms with E-state index in [1.165, 1.54) is 36.8 Å². The van der Waals surface area contributed by atoms with E-state index in [4.69, 9.17) is 5.73 Å². The van der Waals surface area contributed by atoms with E-state index in [-0.39, 0.29) is 0 Å². The molecule has 1 heteroatoms. The van der Waals surface area contributed by atoms with Gasteiger partial charge in [0.15, 0.2) is 0 Å². The molecule has 1 nitrogen and oxygen atoms in total. The Hall–Kier alpha value is -0.820. The van der Waals surface area contributed by atoms with Crippen molar-refractivity contribution in [2.45, 2.75) is 51.5 Å². The van der Waals surface area contributed by atoms with E-state index in [2.05, 4.69) is 31.2 Å². The number of benzene rings is 1. The Balaban J connectivity index is 1.92. The predicted octanol–water partition coefficient (Wildman–Crippen LogP) is 3.31. The van der Waals surface area contributed by atoms with Gasteiger partial charge in [0.1, 0.15) is 0 Å². The first-order valence-electron chi connectivity index (χ1n) is 6.63. The number of nitrogens with two attached hydrogens (primary N) is 1. The summed E-state index contributed by atoms with van der Waals surface area (Å²) >= 11 is 0. The van der Waals surface area contributed by atoms with Crippen LogP contribution in [-0.4, -0.2) is 6.04 Å². The van der Waals surface area contributed by atoms with E-state index in [9.17, 15) is 0 Å². The molecule has 2 N–H and O–H groups in total. The fraction of sp³-hybridized carbons (Fsp3) is 0.600. The van der Waals surface area contributed by atoms with Gasteiger partial charge in [-0.15, -0.1) is 0 Å². The van der Waals surface area contributed by atoms with Crippen LogP contribution in [0.25, 0.3) is 0 Å². The van der Waals surface area contributed by atoms with Crippen molar-refractivity contribution in [2.24, 2.45) is 11.7 Å². The van der Waals surface area contributed by atoms with Crippen LogP contribution in [0.15, 0.2) is 24.3 Å². The Labute approximate surface area is 99.0 Å². The van der Waals surface area contributed by atoms with Crippen LogP contribution in [0.2, 0.25) is 0 Å². The standard InChI is InChI=1S/C15H23N/c1-2-12-7-9-13(10-8-12)11-15(16)14-5-3-4-6-14/h7-10,14-15H,2-6,11,16H2,1H3. The first kappa shape index (κ1) is 11.7. The molecule has 0 spiro atoms. The van der Waals surface area contributed by atoms with E-state index < -0.39 is 0 Å². The molecule has 1 unspecified atom stereocenters. The second kappa shape index (κ2) is 5.49. The SMILES string of the molecule is CCc1ccc(CC(N)C2CCCC2)cc1.